The van der Waals surface area contributed by atoms with Crippen molar-refractivity contribution >= 4 is 5.97 Å². The first-order valence-electron chi connectivity index (χ1n) is 9.86. The zero-order valence-corrected chi connectivity index (χ0v) is 16.2. The van der Waals surface area contributed by atoms with E-state index in [0.29, 0.717) is 18.8 Å². The standard InChI is InChI=1S/C23H30O4/c1-2-26-23(25)21-11-9-19(10-12-21)20-13-15-22(16-14-20)27-18-8-6-4-3-5-7-17-24/h9-16,24H,2-8,17-18H2,1H3. The van der Waals surface area contributed by atoms with E-state index >= 15 is 0 Å². The number of rotatable bonds is 12. The molecular formula is C23H30O4. The smallest absolute Gasteiger partial charge is 0.338 e. The highest BCUT2D eigenvalue weighted by Gasteiger charge is 2.06. The summed E-state index contributed by atoms with van der Waals surface area (Å²) in [7, 11) is 0. The molecule has 2 rings (SSSR count). The molecule has 0 amide bonds. The van der Waals surface area contributed by atoms with Gasteiger partial charge in [0.2, 0.25) is 0 Å². The van der Waals surface area contributed by atoms with Crippen LogP contribution in [0.5, 0.6) is 5.75 Å². The number of benzene rings is 2. The topological polar surface area (TPSA) is 55.8 Å². The fraction of sp³-hybridized carbons (Fsp3) is 0.435. The average Bonchev–Trinajstić information content (AvgIpc) is 2.71. The van der Waals surface area contributed by atoms with E-state index in [1.807, 2.05) is 36.4 Å². The second-order valence-electron chi connectivity index (χ2n) is 6.52. The first-order valence-corrected chi connectivity index (χ1v) is 9.86. The highest BCUT2D eigenvalue weighted by molar-refractivity contribution is 5.90. The van der Waals surface area contributed by atoms with Crippen LogP contribution in [0.4, 0.5) is 0 Å². The summed E-state index contributed by atoms with van der Waals surface area (Å²) >= 11 is 0. The summed E-state index contributed by atoms with van der Waals surface area (Å²) < 4.78 is 10.8. The van der Waals surface area contributed by atoms with Gasteiger partial charge in [-0.2, -0.15) is 0 Å². The molecule has 0 heterocycles. The minimum atomic E-state index is -0.291. The molecule has 0 spiro atoms. The Labute approximate surface area is 162 Å². The van der Waals surface area contributed by atoms with Crippen LogP contribution in [0.2, 0.25) is 0 Å². The minimum absolute atomic E-state index is 0.291. The molecule has 2 aromatic rings. The number of ether oxygens (including phenoxy) is 2. The Balaban J connectivity index is 1.75. The van der Waals surface area contributed by atoms with Crippen molar-refractivity contribution in [3.8, 4) is 16.9 Å². The molecule has 0 atom stereocenters. The van der Waals surface area contributed by atoms with E-state index in [1.54, 1.807) is 19.1 Å². The average molecular weight is 370 g/mol. The third-order valence-corrected chi connectivity index (χ3v) is 4.40. The predicted octanol–water partition coefficient (Wildman–Crippen LogP) is 5.24. The summed E-state index contributed by atoms with van der Waals surface area (Å²) in [6.45, 7) is 3.21. The van der Waals surface area contributed by atoms with Crippen molar-refractivity contribution in [3.05, 3.63) is 54.1 Å². The van der Waals surface area contributed by atoms with Crippen LogP contribution < -0.4 is 4.74 Å². The molecule has 0 aromatic heterocycles. The molecule has 2 aromatic carbocycles. The van der Waals surface area contributed by atoms with E-state index in [9.17, 15) is 4.79 Å². The number of esters is 1. The maximum Gasteiger partial charge on any atom is 0.338 e. The predicted molar refractivity (Wildman–Crippen MR) is 108 cm³/mol. The highest BCUT2D eigenvalue weighted by atomic mass is 16.5. The number of unbranched alkanes of at least 4 members (excludes halogenated alkanes) is 5. The van der Waals surface area contributed by atoms with Crippen molar-refractivity contribution in [1.29, 1.82) is 0 Å². The first-order chi connectivity index (χ1) is 13.2. The Kier molecular flexibility index (Phi) is 9.42. The van der Waals surface area contributed by atoms with E-state index in [0.717, 1.165) is 49.2 Å². The number of carbonyl (C=O) groups is 1. The van der Waals surface area contributed by atoms with Gasteiger partial charge < -0.3 is 14.6 Å². The van der Waals surface area contributed by atoms with Gasteiger partial charge in [0.25, 0.3) is 0 Å². The van der Waals surface area contributed by atoms with Gasteiger partial charge in [0.1, 0.15) is 5.75 Å². The summed E-state index contributed by atoms with van der Waals surface area (Å²) in [6, 6.07) is 15.5. The summed E-state index contributed by atoms with van der Waals surface area (Å²) in [5.41, 5.74) is 2.70. The second kappa shape index (κ2) is 12.1. The van der Waals surface area contributed by atoms with Gasteiger partial charge in [-0.1, -0.05) is 49.9 Å². The van der Waals surface area contributed by atoms with Gasteiger partial charge in [0.15, 0.2) is 0 Å². The van der Waals surface area contributed by atoms with Gasteiger partial charge in [-0.3, -0.25) is 0 Å². The molecule has 146 valence electrons. The Morgan fingerprint density at radius 3 is 1.96 bits per heavy atom. The van der Waals surface area contributed by atoms with Crippen LogP contribution in [-0.2, 0) is 4.74 Å². The third-order valence-electron chi connectivity index (χ3n) is 4.40. The lowest BCUT2D eigenvalue weighted by Crippen LogP contribution is -2.03. The van der Waals surface area contributed by atoms with Gasteiger partial charge in [-0.05, 0) is 55.2 Å². The van der Waals surface area contributed by atoms with E-state index in [-0.39, 0.29) is 5.97 Å². The molecule has 0 aliphatic rings. The zero-order chi connectivity index (χ0) is 19.3. The monoisotopic (exact) mass is 370 g/mol. The van der Waals surface area contributed by atoms with E-state index in [4.69, 9.17) is 14.6 Å². The lowest BCUT2D eigenvalue weighted by atomic mass is 10.0. The Morgan fingerprint density at radius 1 is 0.815 bits per heavy atom. The van der Waals surface area contributed by atoms with Crippen LogP contribution in [-0.4, -0.2) is 30.9 Å². The molecule has 0 unspecified atom stereocenters. The molecule has 0 aliphatic carbocycles. The molecule has 0 aliphatic heterocycles. The van der Waals surface area contributed by atoms with Crippen LogP contribution in [0.1, 0.15) is 55.8 Å². The van der Waals surface area contributed by atoms with Crippen LogP contribution in [0, 0.1) is 0 Å². The normalized spacial score (nSPS) is 10.6. The van der Waals surface area contributed by atoms with E-state index in [1.165, 1.54) is 12.8 Å². The van der Waals surface area contributed by atoms with E-state index in [2.05, 4.69) is 0 Å². The molecule has 4 nitrogen and oxygen atoms in total. The van der Waals surface area contributed by atoms with Crippen LogP contribution in [0.15, 0.2) is 48.5 Å². The summed E-state index contributed by atoms with van der Waals surface area (Å²) in [5.74, 6) is 0.586. The molecule has 0 saturated carbocycles. The number of aliphatic hydroxyl groups is 1. The number of aliphatic hydroxyl groups excluding tert-OH is 1. The fourth-order valence-corrected chi connectivity index (χ4v) is 2.87. The molecule has 0 bridgehead atoms. The largest absolute Gasteiger partial charge is 0.494 e. The van der Waals surface area contributed by atoms with E-state index < -0.39 is 0 Å². The van der Waals surface area contributed by atoms with Crippen LogP contribution >= 0.6 is 0 Å². The van der Waals surface area contributed by atoms with Crippen molar-refractivity contribution < 1.29 is 19.4 Å². The van der Waals surface area contributed by atoms with Crippen LogP contribution in [0.3, 0.4) is 0 Å². The maximum atomic E-state index is 11.7. The highest BCUT2D eigenvalue weighted by Crippen LogP contribution is 2.23. The Bertz CT molecular complexity index is 662. The Morgan fingerprint density at radius 2 is 1.37 bits per heavy atom. The lowest BCUT2D eigenvalue weighted by molar-refractivity contribution is 0.0526. The van der Waals surface area contributed by atoms with Crippen LogP contribution in [0.25, 0.3) is 11.1 Å². The third kappa shape index (κ3) is 7.43. The van der Waals surface area contributed by atoms with Crippen molar-refractivity contribution in [2.45, 2.75) is 45.4 Å². The SMILES string of the molecule is CCOC(=O)c1ccc(-c2ccc(OCCCCCCCCO)cc2)cc1. The maximum absolute atomic E-state index is 11.7. The van der Waals surface area contributed by atoms with Gasteiger partial charge in [-0.25, -0.2) is 4.79 Å². The molecule has 0 saturated heterocycles. The summed E-state index contributed by atoms with van der Waals surface area (Å²) in [5, 5.41) is 8.74. The number of carbonyl (C=O) groups excluding carboxylic acids is 1. The van der Waals surface area contributed by atoms with Crippen molar-refractivity contribution in [3.63, 3.8) is 0 Å². The molecule has 4 heteroatoms. The van der Waals surface area contributed by atoms with Gasteiger partial charge in [0.05, 0.1) is 18.8 Å². The Hall–Kier alpha value is -2.33. The quantitative estimate of drug-likeness (QED) is 0.410. The number of hydrogen-bond acceptors (Lipinski definition) is 4. The number of hydrogen-bond donors (Lipinski definition) is 1. The van der Waals surface area contributed by atoms with Crippen molar-refractivity contribution in [2.24, 2.45) is 0 Å². The van der Waals surface area contributed by atoms with Crippen molar-refractivity contribution in [1.82, 2.24) is 0 Å². The van der Waals surface area contributed by atoms with Gasteiger partial charge in [-0.15, -0.1) is 0 Å². The fourth-order valence-electron chi connectivity index (χ4n) is 2.87. The summed E-state index contributed by atoms with van der Waals surface area (Å²) in [6.07, 6.45) is 6.62. The molecule has 27 heavy (non-hydrogen) atoms. The van der Waals surface area contributed by atoms with Crippen molar-refractivity contribution in [2.75, 3.05) is 19.8 Å². The lowest BCUT2D eigenvalue weighted by Gasteiger charge is -2.08. The summed E-state index contributed by atoms with van der Waals surface area (Å²) in [4.78, 5) is 11.7. The molecule has 0 radical (unpaired) electrons. The first kappa shape index (κ1) is 21.0. The second-order valence-corrected chi connectivity index (χ2v) is 6.52. The molecule has 0 fully saturated rings. The minimum Gasteiger partial charge on any atom is -0.494 e. The van der Waals surface area contributed by atoms with Gasteiger partial charge >= 0.3 is 5.97 Å². The molecule has 1 N–H and O–H groups in total. The zero-order valence-electron chi connectivity index (χ0n) is 16.2. The van der Waals surface area contributed by atoms with Gasteiger partial charge in [0, 0.05) is 6.61 Å². The molecular weight excluding hydrogens is 340 g/mol.